The lowest BCUT2D eigenvalue weighted by molar-refractivity contribution is -0.384. The molecule has 1 atom stereocenters. The van der Waals surface area contributed by atoms with Crippen molar-refractivity contribution >= 4 is 17.4 Å². The molecule has 0 aromatic heterocycles. The Kier molecular flexibility index (Phi) is 6.06. The van der Waals surface area contributed by atoms with Gasteiger partial charge in [0.25, 0.3) is 5.69 Å². The lowest BCUT2D eigenvalue weighted by atomic mass is 10.0. The number of esters is 1. The summed E-state index contributed by atoms with van der Waals surface area (Å²) in [5, 5.41) is 10.9. The van der Waals surface area contributed by atoms with E-state index in [4.69, 9.17) is 9.47 Å². The van der Waals surface area contributed by atoms with Crippen molar-refractivity contribution < 1.29 is 24.0 Å². The number of benzene rings is 2. The fraction of sp³-hybridized carbons (Fsp3) is 0.263. The third kappa shape index (κ3) is 4.24. The molecule has 26 heavy (non-hydrogen) atoms. The molecule has 0 aliphatic rings. The van der Waals surface area contributed by atoms with Crippen LogP contribution in [0.4, 0.5) is 5.69 Å². The molecule has 0 spiro atoms. The minimum atomic E-state index is -1.04. The van der Waals surface area contributed by atoms with E-state index in [2.05, 4.69) is 0 Å². The minimum Gasteiger partial charge on any atom is -0.496 e. The number of hydrogen-bond acceptors (Lipinski definition) is 6. The number of hydrogen-bond donors (Lipinski definition) is 0. The number of Topliss-reactive ketones (excluding diaryl/α,β-unsaturated/α-hetero) is 1. The second-order valence-corrected chi connectivity index (χ2v) is 5.60. The average molecular weight is 357 g/mol. The Morgan fingerprint density at radius 3 is 2.35 bits per heavy atom. The Morgan fingerprint density at radius 1 is 1.15 bits per heavy atom. The van der Waals surface area contributed by atoms with Gasteiger partial charge in [0.2, 0.25) is 5.78 Å². The van der Waals surface area contributed by atoms with Gasteiger partial charge >= 0.3 is 5.97 Å². The zero-order chi connectivity index (χ0) is 19.3. The summed E-state index contributed by atoms with van der Waals surface area (Å²) in [5.41, 5.74) is 1.13. The fourth-order valence-corrected chi connectivity index (χ4v) is 2.39. The highest BCUT2D eigenvalue weighted by Crippen LogP contribution is 2.25. The highest BCUT2D eigenvalue weighted by molar-refractivity contribution is 6.02. The van der Waals surface area contributed by atoms with Gasteiger partial charge in [-0.1, -0.05) is 31.2 Å². The molecule has 0 heterocycles. The summed E-state index contributed by atoms with van der Waals surface area (Å²) in [6.07, 6.45) is -0.190. The molecule has 0 saturated heterocycles. The molecule has 2 aromatic rings. The molecule has 0 aliphatic heterocycles. The standard InChI is InChI=1S/C19H19NO6/c1-4-13-5-7-14(8-6-13)18(21)12(2)26-19(22)16-11-15(20(23)24)9-10-17(16)25-3/h5-12H,4H2,1-3H3. The molecule has 0 aliphatic carbocycles. The van der Waals surface area contributed by atoms with Gasteiger partial charge in [0.15, 0.2) is 6.10 Å². The maximum absolute atomic E-state index is 12.4. The van der Waals surface area contributed by atoms with Crippen LogP contribution in [0.15, 0.2) is 42.5 Å². The van der Waals surface area contributed by atoms with Gasteiger partial charge in [0.05, 0.1) is 12.0 Å². The van der Waals surface area contributed by atoms with Crippen LogP contribution in [-0.4, -0.2) is 29.9 Å². The van der Waals surface area contributed by atoms with Crippen LogP contribution in [0.25, 0.3) is 0 Å². The normalized spacial score (nSPS) is 11.5. The first-order valence-corrected chi connectivity index (χ1v) is 8.04. The topological polar surface area (TPSA) is 95.7 Å². The molecule has 0 amide bonds. The Labute approximate surface area is 150 Å². The van der Waals surface area contributed by atoms with E-state index in [-0.39, 0.29) is 22.8 Å². The molecule has 2 rings (SSSR count). The van der Waals surface area contributed by atoms with Gasteiger partial charge in [-0.2, -0.15) is 0 Å². The number of methoxy groups -OCH3 is 1. The van der Waals surface area contributed by atoms with Gasteiger partial charge in [-0.3, -0.25) is 14.9 Å². The van der Waals surface area contributed by atoms with E-state index < -0.39 is 17.0 Å². The number of nitro benzene ring substituents is 1. The van der Waals surface area contributed by atoms with Gasteiger partial charge < -0.3 is 9.47 Å². The van der Waals surface area contributed by atoms with E-state index in [1.807, 2.05) is 19.1 Å². The van der Waals surface area contributed by atoms with Crippen LogP contribution in [0.5, 0.6) is 5.75 Å². The predicted octanol–water partition coefficient (Wildman–Crippen LogP) is 3.59. The van der Waals surface area contributed by atoms with E-state index >= 15 is 0 Å². The molecule has 7 heteroatoms. The molecule has 0 radical (unpaired) electrons. The summed E-state index contributed by atoms with van der Waals surface area (Å²) >= 11 is 0. The third-order valence-electron chi connectivity index (χ3n) is 3.91. The highest BCUT2D eigenvalue weighted by atomic mass is 16.6. The van der Waals surface area contributed by atoms with Crippen LogP contribution in [0, 0.1) is 10.1 Å². The number of ether oxygens (including phenoxy) is 2. The van der Waals surface area contributed by atoms with E-state index in [0.29, 0.717) is 5.56 Å². The summed E-state index contributed by atoms with van der Waals surface area (Å²) in [6, 6.07) is 10.6. The molecule has 2 aromatic carbocycles. The van der Waals surface area contributed by atoms with E-state index in [0.717, 1.165) is 18.1 Å². The number of nitro groups is 1. The van der Waals surface area contributed by atoms with Gasteiger partial charge in [-0.25, -0.2) is 4.79 Å². The second kappa shape index (κ2) is 8.24. The number of aryl methyl sites for hydroxylation is 1. The van der Waals surface area contributed by atoms with Crippen LogP contribution in [0.3, 0.4) is 0 Å². The lowest BCUT2D eigenvalue weighted by Gasteiger charge is -2.14. The Balaban J connectivity index is 2.18. The summed E-state index contributed by atoms with van der Waals surface area (Å²) in [4.78, 5) is 35.1. The fourth-order valence-electron chi connectivity index (χ4n) is 2.39. The first-order valence-electron chi connectivity index (χ1n) is 8.04. The van der Waals surface area contributed by atoms with Crippen molar-refractivity contribution in [2.75, 3.05) is 7.11 Å². The smallest absolute Gasteiger partial charge is 0.342 e. The Hall–Kier alpha value is -3.22. The highest BCUT2D eigenvalue weighted by Gasteiger charge is 2.24. The summed E-state index contributed by atoms with van der Waals surface area (Å²) in [5.74, 6) is -1.09. The SMILES string of the molecule is CCc1ccc(C(=O)C(C)OC(=O)c2cc([N+](=O)[O-])ccc2OC)cc1. The van der Waals surface area contributed by atoms with E-state index in [1.165, 1.54) is 26.2 Å². The Bertz CT molecular complexity index is 828. The first kappa shape index (κ1) is 19.1. The number of rotatable bonds is 7. The first-order chi connectivity index (χ1) is 12.4. The minimum absolute atomic E-state index is 0.109. The third-order valence-corrected chi connectivity index (χ3v) is 3.91. The van der Waals surface area contributed by atoms with Crippen LogP contribution < -0.4 is 4.74 Å². The predicted molar refractivity (Wildman–Crippen MR) is 94.7 cm³/mol. The number of non-ortho nitro benzene ring substituents is 1. The van der Waals surface area contributed by atoms with Crippen LogP contribution in [-0.2, 0) is 11.2 Å². The van der Waals surface area contributed by atoms with Crippen molar-refractivity contribution in [2.45, 2.75) is 26.4 Å². The van der Waals surface area contributed by atoms with Crippen molar-refractivity contribution in [3.05, 3.63) is 69.3 Å². The van der Waals surface area contributed by atoms with Gasteiger partial charge in [-0.05, 0) is 25.0 Å². The second-order valence-electron chi connectivity index (χ2n) is 5.60. The van der Waals surface area contributed by atoms with E-state index in [1.54, 1.807) is 12.1 Å². The quantitative estimate of drug-likeness (QED) is 0.325. The van der Waals surface area contributed by atoms with Crippen LogP contribution in [0.2, 0.25) is 0 Å². The molecular weight excluding hydrogens is 338 g/mol. The number of nitrogens with zero attached hydrogens (tertiary/aromatic N) is 1. The van der Waals surface area contributed by atoms with E-state index in [9.17, 15) is 19.7 Å². The monoisotopic (exact) mass is 357 g/mol. The molecule has 136 valence electrons. The van der Waals surface area contributed by atoms with Crippen molar-refractivity contribution in [2.24, 2.45) is 0 Å². The molecule has 0 fully saturated rings. The van der Waals surface area contributed by atoms with Gasteiger partial charge in [0, 0.05) is 17.7 Å². The van der Waals surface area contributed by atoms with Gasteiger partial charge in [-0.15, -0.1) is 0 Å². The summed E-state index contributed by atoms with van der Waals surface area (Å²) < 4.78 is 10.2. The molecule has 0 saturated carbocycles. The molecular formula is C19H19NO6. The maximum Gasteiger partial charge on any atom is 0.342 e. The number of carbonyl (C=O) groups excluding carboxylic acids is 2. The van der Waals surface area contributed by atoms with Crippen molar-refractivity contribution in [3.8, 4) is 5.75 Å². The van der Waals surface area contributed by atoms with Gasteiger partial charge in [0.1, 0.15) is 11.3 Å². The summed E-state index contributed by atoms with van der Waals surface area (Å²) in [6.45, 7) is 3.46. The number of ketones is 1. The van der Waals surface area contributed by atoms with Crippen LogP contribution in [0.1, 0.15) is 40.1 Å². The van der Waals surface area contributed by atoms with Crippen molar-refractivity contribution in [3.63, 3.8) is 0 Å². The Morgan fingerprint density at radius 2 is 1.81 bits per heavy atom. The molecule has 7 nitrogen and oxygen atoms in total. The zero-order valence-electron chi connectivity index (χ0n) is 14.7. The van der Waals surface area contributed by atoms with Crippen molar-refractivity contribution in [1.29, 1.82) is 0 Å². The largest absolute Gasteiger partial charge is 0.496 e. The molecule has 0 bridgehead atoms. The van der Waals surface area contributed by atoms with Crippen molar-refractivity contribution in [1.82, 2.24) is 0 Å². The average Bonchev–Trinajstić information content (AvgIpc) is 2.66. The lowest BCUT2D eigenvalue weighted by Crippen LogP contribution is -2.24. The zero-order valence-corrected chi connectivity index (χ0v) is 14.7. The number of carbonyl (C=O) groups is 2. The summed E-state index contributed by atoms with van der Waals surface area (Å²) in [7, 11) is 1.34. The molecule has 1 unspecified atom stereocenters. The maximum atomic E-state index is 12.4. The molecule has 0 N–H and O–H groups in total. The van der Waals surface area contributed by atoms with Crippen LogP contribution >= 0.6 is 0 Å².